The number of halogens is 5. The summed E-state index contributed by atoms with van der Waals surface area (Å²) >= 11 is 0. The second-order valence-electron chi connectivity index (χ2n) is 4.33. The fourth-order valence-corrected chi connectivity index (χ4v) is 1.67. The van der Waals surface area contributed by atoms with Crippen LogP contribution in [0.25, 0.3) is 0 Å². The van der Waals surface area contributed by atoms with Crippen LogP contribution in [0.4, 0.5) is 22.0 Å². The van der Waals surface area contributed by atoms with Crippen LogP contribution in [0.5, 0.6) is 0 Å². The first-order chi connectivity index (χ1) is 9.24. The number of aryl methyl sites for hydroxylation is 1. The van der Waals surface area contributed by atoms with Gasteiger partial charge in [0, 0.05) is 12.5 Å². The van der Waals surface area contributed by atoms with Crippen molar-refractivity contribution in [2.24, 2.45) is 5.92 Å². The quantitative estimate of drug-likeness (QED) is 0.574. The van der Waals surface area contributed by atoms with Gasteiger partial charge in [-0.2, -0.15) is 27.1 Å². The van der Waals surface area contributed by atoms with Gasteiger partial charge in [-0.05, 0) is 19.3 Å². The number of aldehydes is 1. The third kappa shape index (κ3) is 3.51. The Labute approximate surface area is 112 Å². The lowest BCUT2D eigenvalue weighted by Crippen LogP contribution is -2.36. The smallest absolute Gasteiger partial charge is 0.303 e. The minimum atomic E-state index is -5.72. The molecule has 1 rings (SSSR count). The van der Waals surface area contributed by atoms with Gasteiger partial charge in [0.05, 0.1) is 0 Å². The van der Waals surface area contributed by atoms with Gasteiger partial charge in [0.15, 0.2) is 0 Å². The molecule has 1 heterocycles. The molecule has 4 nitrogen and oxygen atoms in total. The Morgan fingerprint density at radius 2 is 2.00 bits per heavy atom. The van der Waals surface area contributed by atoms with Gasteiger partial charge in [0.1, 0.15) is 12.6 Å². The van der Waals surface area contributed by atoms with E-state index in [-0.39, 0.29) is 18.9 Å². The van der Waals surface area contributed by atoms with Crippen molar-refractivity contribution in [3.63, 3.8) is 0 Å². The van der Waals surface area contributed by atoms with Crippen LogP contribution in [0.1, 0.15) is 32.0 Å². The van der Waals surface area contributed by atoms with Gasteiger partial charge in [-0.3, -0.25) is 0 Å². The molecule has 0 aliphatic carbocycles. The molecule has 0 aliphatic rings. The standard InChI is InChI=1S/C11H14F5N3O/c1-2-8(6-20)4-3-5-19-9(17-7-18-19)10(12,13)11(14,15)16/h6-8H,2-5H2,1H3. The van der Waals surface area contributed by atoms with E-state index >= 15 is 0 Å². The molecule has 114 valence electrons. The molecular weight excluding hydrogens is 285 g/mol. The van der Waals surface area contributed by atoms with Gasteiger partial charge >= 0.3 is 12.1 Å². The number of hydrogen-bond donors (Lipinski definition) is 0. The Morgan fingerprint density at radius 1 is 1.35 bits per heavy atom. The zero-order chi connectivity index (χ0) is 15.4. The lowest BCUT2D eigenvalue weighted by atomic mass is 10.0. The normalized spacial score (nSPS) is 14.3. The summed E-state index contributed by atoms with van der Waals surface area (Å²) in [6.07, 6.45) is -3.06. The predicted molar refractivity (Wildman–Crippen MR) is 59.1 cm³/mol. The summed E-state index contributed by atoms with van der Waals surface area (Å²) in [5.41, 5.74) is 0. The van der Waals surface area contributed by atoms with Crippen molar-refractivity contribution in [3.05, 3.63) is 12.2 Å². The molecule has 1 aromatic rings. The van der Waals surface area contributed by atoms with Gasteiger partial charge in [-0.1, -0.05) is 6.92 Å². The summed E-state index contributed by atoms with van der Waals surface area (Å²) in [5, 5.41) is 3.38. The van der Waals surface area contributed by atoms with E-state index in [1.807, 2.05) is 0 Å². The maximum atomic E-state index is 13.2. The Kier molecular flexibility index (Phi) is 5.18. The maximum absolute atomic E-state index is 13.2. The number of carbonyl (C=O) groups excluding carboxylic acids is 1. The van der Waals surface area contributed by atoms with Crippen molar-refractivity contribution >= 4 is 6.29 Å². The second kappa shape index (κ2) is 6.27. The topological polar surface area (TPSA) is 47.8 Å². The summed E-state index contributed by atoms with van der Waals surface area (Å²) in [7, 11) is 0. The molecule has 0 amide bonds. The van der Waals surface area contributed by atoms with E-state index < -0.39 is 17.9 Å². The fourth-order valence-electron chi connectivity index (χ4n) is 1.67. The lowest BCUT2D eigenvalue weighted by molar-refractivity contribution is -0.293. The van der Waals surface area contributed by atoms with E-state index in [1.165, 1.54) is 0 Å². The SMILES string of the molecule is CCC(C=O)CCCn1ncnc1C(F)(F)C(F)(F)F. The van der Waals surface area contributed by atoms with Gasteiger partial charge < -0.3 is 4.79 Å². The number of aromatic nitrogens is 3. The molecule has 9 heteroatoms. The Balaban J connectivity index is 2.75. The van der Waals surface area contributed by atoms with Crippen LogP contribution in [0.2, 0.25) is 0 Å². The summed E-state index contributed by atoms with van der Waals surface area (Å²) < 4.78 is 63.6. The molecule has 0 radical (unpaired) electrons. The second-order valence-corrected chi connectivity index (χ2v) is 4.33. The Morgan fingerprint density at radius 3 is 2.50 bits per heavy atom. The molecule has 1 atom stereocenters. The van der Waals surface area contributed by atoms with Gasteiger partial charge in [0.2, 0.25) is 5.82 Å². The molecule has 0 bridgehead atoms. The molecule has 0 aliphatic heterocycles. The van der Waals surface area contributed by atoms with Crippen molar-refractivity contribution in [2.75, 3.05) is 0 Å². The molecule has 0 saturated heterocycles. The number of carbonyl (C=O) groups is 1. The summed E-state index contributed by atoms with van der Waals surface area (Å²) in [5.74, 6) is -6.70. The van der Waals surface area contributed by atoms with Crippen molar-refractivity contribution in [3.8, 4) is 0 Å². The van der Waals surface area contributed by atoms with Crippen molar-refractivity contribution in [2.45, 2.75) is 44.8 Å². The van der Waals surface area contributed by atoms with Crippen LogP contribution in [-0.2, 0) is 17.3 Å². The number of hydrogen-bond acceptors (Lipinski definition) is 3. The van der Waals surface area contributed by atoms with Crippen LogP contribution >= 0.6 is 0 Å². The molecule has 0 spiro atoms. The predicted octanol–water partition coefficient (Wildman–Crippen LogP) is 2.94. The molecule has 0 N–H and O–H groups in total. The van der Waals surface area contributed by atoms with Crippen LogP contribution in [0.3, 0.4) is 0 Å². The molecule has 0 aromatic carbocycles. The average molecular weight is 299 g/mol. The highest BCUT2D eigenvalue weighted by atomic mass is 19.4. The summed E-state index contributed by atoms with van der Waals surface area (Å²) in [6, 6.07) is 0. The van der Waals surface area contributed by atoms with E-state index in [9.17, 15) is 26.7 Å². The van der Waals surface area contributed by atoms with Crippen molar-refractivity contribution in [1.29, 1.82) is 0 Å². The van der Waals surface area contributed by atoms with E-state index in [2.05, 4.69) is 10.1 Å². The van der Waals surface area contributed by atoms with E-state index in [1.54, 1.807) is 6.92 Å². The fraction of sp³-hybridized carbons (Fsp3) is 0.727. The first-order valence-electron chi connectivity index (χ1n) is 6.02. The summed E-state index contributed by atoms with van der Waals surface area (Å²) in [4.78, 5) is 13.6. The zero-order valence-corrected chi connectivity index (χ0v) is 10.7. The van der Waals surface area contributed by atoms with E-state index in [0.717, 1.165) is 6.29 Å². The lowest BCUT2D eigenvalue weighted by Gasteiger charge is -2.19. The van der Waals surface area contributed by atoms with E-state index in [4.69, 9.17) is 0 Å². The van der Waals surface area contributed by atoms with Crippen LogP contribution in [0.15, 0.2) is 6.33 Å². The zero-order valence-electron chi connectivity index (χ0n) is 10.7. The van der Waals surface area contributed by atoms with Crippen LogP contribution < -0.4 is 0 Å². The van der Waals surface area contributed by atoms with E-state index in [0.29, 0.717) is 23.9 Å². The highest BCUT2D eigenvalue weighted by molar-refractivity contribution is 5.53. The van der Waals surface area contributed by atoms with Crippen LogP contribution in [-0.4, -0.2) is 27.2 Å². The number of alkyl halides is 5. The van der Waals surface area contributed by atoms with Gasteiger partial charge in [-0.15, -0.1) is 0 Å². The first kappa shape index (κ1) is 16.5. The Hall–Kier alpha value is -1.54. The number of rotatable bonds is 7. The molecule has 0 fully saturated rings. The third-order valence-corrected chi connectivity index (χ3v) is 2.91. The largest absolute Gasteiger partial charge is 0.461 e. The van der Waals surface area contributed by atoms with Crippen molar-refractivity contribution in [1.82, 2.24) is 14.8 Å². The number of nitrogens with zero attached hydrogens (tertiary/aromatic N) is 3. The first-order valence-corrected chi connectivity index (χ1v) is 6.02. The van der Waals surface area contributed by atoms with Crippen molar-refractivity contribution < 1.29 is 26.7 Å². The Bertz CT molecular complexity index is 444. The monoisotopic (exact) mass is 299 g/mol. The molecule has 1 unspecified atom stereocenters. The summed E-state index contributed by atoms with van der Waals surface area (Å²) in [6.45, 7) is 1.64. The highest BCUT2D eigenvalue weighted by Gasteiger charge is 2.61. The molecular formula is C11H14F5N3O. The minimum absolute atomic E-state index is 0.147. The third-order valence-electron chi connectivity index (χ3n) is 2.91. The van der Waals surface area contributed by atoms with Gasteiger partial charge in [-0.25, -0.2) is 9.67 Å². The molecule has 0 saturated carbocycles. The maximum Gasteiger partial charge on any atom is 0.461 e. The molecule has 20 heavy (non-hydrogen) atoms. The molecule has 1 aromatic heterocycles. The minimum Gasteiger partial charge on any atom is -0.303 e. The van der Waals surface area contributed by atoms with Crippen LogP contribution in [0, 0.1) is 5.92 Å². The van der Waals surface area contributed by atoms with Gasteiger partial charge in [0.25, 0.3) is 0 Å². The highest BCUT2D eigenvalue weighted by Crippen LogP contribution is 2.42. The average Bonchev–Trinajstić information content (AvgIpc) is 2.82.